The fourth-order valence-corrected chi connectivity index (χ4v) is 2.96. The highest BCUT2D eigenvalue weighted by Gasteiger charge is 2.19. The van der Waals surface area contributed by atoms with Gasteiger partial charge in [-0.15, -0.1) is 0 Å². The zero-order valence-electron chi connectivity index (χ0n) is 9.22. The van der Waals surface area contributed by atoms with Crippen molar-refractivity contribution in [2.24, 2.45) is 5.92 Å². The maximum Gasteiger partial charge on any atom is 0.0210 e. The van der Waals surface area contributed by atoms with E-state index < -0.39 is 0 Å². The topological polar surface area (TPSA) is 12.0 Å². The van der Waals surface area contributed by atoms with Crippen LogP contribution in [0.4, 0.5) is 0 Å². The lowest BCUT2D eigenvalue weighted by Crippen LogP contribution is -2.27. The molecule has 0 amide bonds. The highest BCUT2D eigenvalue weighted by atomic mass is 79.9. The van der Waals surface area contributed by atoms with Crippen LogP contribution in [-0.2, 0) is 12.8 Å². The second-order valence-corrected chi connectivity index (χ2v) is 5.15. The molecule has 1 atom stereocenters. The molecule has 1 aliphatic carbocycles. The molecule has 15 heavy (non-hydrogen) atoms. The summed E-state index contributed by atoms with van der Waals surface area (Å²) in [5.41, 5.74) is 3.07. The second-order valence-electron chi connectivity index (χ2n) is 4.29. The quantitative estimate of drug-likeness (QED) is 0.887. The van der Waals surface area contributed by atoms with E-state index in [-0.39, 0.29) is 0 Å². The predicted octanol–water partition coefficient (Wildman–Crippen LogP) is 3.16. The molecule has 82 valence electrons. The van der Waals surface area contributed by atoms with Crippen LogP contribution in [0.15, 0.2) is 22.7 Å². The third-order valence-corrected chi connectivity index (χ3v) is 3.95. The molecule has 1 aromatic rings. The van der Waals surface area contributed by atoms with Gasteiger partial charge in [0, 0.05) is 4.47 Å². The van der Waals surface area contributed by atoms with Crippen LogP contribution in [0, 0.1) is 5.92 Å². The van der Waals surface area contributed by atoms with E-state index in [0.29, 0.717) is 0 Å². The molecular formula is C13H18BrN. The number of benzene rings is 1. The molecule has 1 unspecified atom stereocenters. The Labute approximate surface area is 100 Å². The van der Waals surface area contributed by atoms with Crippen molar-refractivity contribution in [1.29, 1.82) is 0 Å². The average molecular weight is 268 g/mol. The number of hydrogen-bond acceptors (Lipinski definition) is 1. The number of rotatable bonds is 3. The monoisotopic (exact) mass is 267 g/mol. The Hall–Kier alpha value is -0.340. The summed E-state index contributed by atoms with van der Waals surface area (Å²) in [6.07, 6.45) is 3.79. The molecule has 0 aromatic heterocycles. The minimum Gasteiger partial charge on any atom is -0.317 e. The van der Waals surface area contributed by atoms with Gasteiger partial charge in [-0.3, -0.25) is 0 Å². The van der Waals surface area contributed by atoms with Crippen LogP contribution >= 0.6 is 15.9 Å². The van der Waals surface area contributed by atoms with Crippen molar-refractivity contribution in [1.82, 2.24) is 5.32 Å². The van der Waals surface area contributed by atoms with E-state index in [2.05, 4.69) is 46.4 Å². The Kier molecular flexibility index (Phi) is 3.81. The average Bonchev–Trinajstić information content (AvgIpc) is 2.26. The third kappa shape index (κ3) is 2.61. The Morgan fingerprint density at radius 2 is 2.33 bits per heavy atom. The summed E-state index contributed by atoms with van der Waals surface area (Å²) in [6.45, 7) is 4.43. The first-order valence-electron chi connectivity index (χ1n) is 5.78. The molecule has 0 radical (unpaired) electrons. The molecular weight excluding hydrogens is 250 g/mol. The standard InChI is InChI=1S/C13H18BrN/c1-2-15-9-10-6-7-12-11(8-10)4-3-5-13(12)14/h3-5,10,15H,2,6-9H2,1H3. The largest absolute Gasteiger partial charge is 0.317 e. The lowest BCUT2D eigenvalue weighted by atomic mass is 9.84. The van der Waals surface area contributed by atoms with Gasteiger partial charge in [0.1, 0.15) is 0 Å². The fraction of sp³-hybridized carbons (Fsp3) is 0.538. The summed E-state index contributed by atoms with van der Waals surface area (Å²) >= 11 is 3.64. The highest BCUT2D eigenvalue weighted by molar-refractivity contribution is 9.10. The van der Waals surface area contributed by atoms with E-state index in [1.54, 1.807) is 5.56 Å². The molecule has 0 bridgehead atoms. The first-order chi connectivity index (χ1) is 7.31. The van der Waals surface area contributed by atoms with E-state index >= 15 is 0 Å². The SMILES string of the molecule is CCNCC1CCc2c(Br)cccc2C1. The van der Waals surface area contributed by atoms with Crippen LogP contribution < -0.4 is 5.32 Å². The van der Waals surface area contributed by atoms with Crippen molar-refractivity contribution in [3.8, 4) is 0 Å². The van der Waals surface area contributed by atoms with E-state index in [9.17, 15) is 0 Å². The van der Waals surface area contributed by atoms with Gasteiger partial charge in [-0.25, -0.2) is 0 Å². The van der Waals surface area contributed by atoms with Gasteiger partial charge in [-0.1, -0.05) is 35.0 Å². The van der Waals surface area contributed by atoms with Crippen LogP contribution in [0.3, 0.4) is 0 Å². The van der Waals surface area contributed by atoms with Gasteiger partial charge in [0.2, 0.25) is 0 Å². The van der Waals surface area contributed by atoms with Gasteiger partial charge in [0.15, 0.2) is 0 Å². The summed E-state index contributed by atoms with van der Waals surface area (Å²) in [4.78, 5) is 0. The molecule has 0 heterocycles. The smallest absolute Gasteiger partial charge is 0.0210 e. The van der Waals surface area contributed by atoms with Crippen LogP contribution in [0.2, 0.25) is 0 Å². The molecule has 1 aromatic carbocycles. The maximum absolute atomic E-state index is 3.64. The van der Waals surface area contributed by atoms with Gasteiger partial charge < -0.3 is 5.32 Å². The van der Waals surface area contributed by atoms with Crippen molar-refractivity contribution >= 4 is 15.9 Å². The van der Waals surface area contributed by atoms with Crippen molar-refractivity contribution in [3.05, 3.63) is 33.8 Å². The zero-order valence-corrected chi connectivity index (χ0v) is 10.8. The van der Waals surface area contributed by atoms with Gasteiger partial charge in [0.05, 0.1) is 0 Å². The second kappa shape index (κ2) is 5.13. The molecule has 1 nitrogen and oxygen atoms in total. The number of fused-ring (bicyclic) bond motifs is 1. The third-order valence-electron chi connectivity index (χ3n) is 3.21. The predicted molar refractivity (Wildman–Crippen MR) is 68.2 cm³/mol. The molecule has 1 aliphatic rings. The summed E-state index contributed by atoms with van der Waals surface area (Å²) in [5, 5.41) is 3.45. The fourth-order valence-electron chi connectivity index (χ4n) is 2.36. The van der Waals surface area contributed by atoms with Crippen LogP contribution in [0.5, 0.6) is 0 Å². The summed E-state index contributed by atoms with van der Waals surface area (Å²) < 4.78 is 1.29. The number of hydrogen-bond donors (Lipinski definition) is 1. The lowest BCUT2D eigenvalue weighted by molar-refractivity contribution is 0.429. The Morgan fingerprint density at radius 1 is 1.47 bits per heavy atom. The van der Waals surface area contributed by atoms with Crippen LogP contribution in [0.25, 0.3) is 0 Å². The zero-order chi connectivity index (χ0) is 10.7. The maximum atomic E-state index is 3.64. The molecule has 0 fully saturated rings. The van der Waals surface area contributed by atoms with E-state index in [0.717, 1.165) is 12.5 Å². The van der Waals surface area contributed by atoms with Crippen LogP contribution in [-0.4, -0.2) is 13.1 Å². The van der Waals surface area contributed by atoms with Gasteiger partial charge in [-0.2, -0.15) is 0 Å². The molecule has 0 saturated heterocycles. The highest BCUT2D eigenvalue weighted by Crippen LogP contribution is 2.30. The molecule has 2 rings (SSSR count). The summed E-state index contributed by atoms with van der Waals surface area (Å²) in [6, 6.07) is 6.58. The van der Waals surface area contributed by atoms with Crippen LogP contribution in [0.1, 0.15) is 24.5 Å². The number of halogens is 1. The van der Waals surface area contributed by atoms with Gasteiger partial charge >= 0.3 is 0 Å². The van der Waals surface area contributed by atoms with Crippen molar-refractivity contribution in [2.45, 2.75) is 26.2 Å². The molecule has 0 saturated carbocycles. The summed E-state index contributed by atoms with van der Waals surface area (Å²) in [5.74, 6) is 0.826. The first-order valence-corrected chi connectivity index (χ1v) is 6.57. The van der Waals surface area contributed by atoms with Gasteiger partial charge in [0.25, 0.3) is 0 Å². The van der Waals surface area contributed by atoms with Gasteiger partial charge in [-0.05, 0) is 55.5 Å². The number of nitrogens with one attached hydrogen (secondary N) is 1. The van der Waals surface area contributed by atoms with Crippen molar-refractivity contribution in [3.63, 3.8) is 0 Å². The van der Waals surface area contributed by atoms with E-state index in [1.165, 1.54) is 35.8 Å². The molecule has 0 aliphatic heterocycles. The Bertz CT molecular complexity index is 335. The Morgan fingerprint density at radius 3 is 3.13 bits per heavy atom. The van der Waals surface area contributed by atoms with E-state index in [1.807, 2.05) is 0 Å². The lowest BCUT2D eigenvalue weighted by Gasteiger charge is -2.25. The molecule has 0 spiro atoms. The minimum absolute atomic E-state index is 0.826. The van der Waals surface area contributed by atoms with E-state index in [4.69, 9.17) is 0 Å². The summed E-state index contributed by atoms with van der Waals surface area (Å²) in [7, 11) is 0. The Balaban J connectivity index is 2.07. The minimum atomic E-state index is 0.826. The first kappa shape index (κ1) is 11.2. The molecule has 1 N–H and O–H groups in total. The normalized spacial score (nSPS) is 20.0. The molecule has 2 heteroatoms. The van der Waals surface area contributed by atoms with Crippen molar-refractivity contribution < 1.29 is 0 Å². The van der Waals surface area contributed by atoms with Crippen molar-refractivity contribution in [2.75, 3.05) is 13.1 Å².